The Balaban J connectivity index is 3.99. The van der Waals surface area contributed by atoms with Gasteiger partial charge in [0.1, 0.15) is 6.10 Å². The number of carbonyl (C=O) groups is 1. The van der Waals surface area contributed by atoms with Gasteiger partial charge in [0, 0.05) is 13.0 Å². The molecule has 0 saturated heterocycles. The molecule has 0 aliphatic heterocycles. The first-order valence-corrected chi connectivity index (χ1v) is 12.1. The monoisotopic (exact) mass is 400 g/mol. The van der Waals surface area contributed by atoms with E-state index in [9.17, 15) is 4.79 Å². The lowest BCUT2D eigenvalue weighted by Crippen LogP contribution is -2.18. The molecule has 0 fully saturated rings. The van der Waals surface area contributed by atoms with Crippen molar-refractivity contribution in [2.45, 2.75) is 129 Å². The van der Waals surface area contributed by atoms with Crippen molar-refractivity contribution < 1.29 is 19.4 Å². The van der Waals surface area contributed by atoms with Crippen molar-refractivity contribution in [3.63, 3.8) is 0 Å². The highest BCUT2D eigenvalue weighted by Crippen LogP contribution is 2.17. The SMILES string of the molecule is CCCCCCCCC(CCCCCCCC)OC(=O)CCCCOCCO. The molecule has 0 aliphatic carbocycles. The van der Waals surface area contributed by atoms with Gasteiger partial charge in [0.2, 0.25) is 0 Å². The predicted molar refractivity (Wildman–Crippen MR) is 118 cm³/mol. The van der Waals surface area contributed by atoms with Crippen LogP contribution in [0.5, 0.6) is 0 Å². The number of aliphatic hydroxyl groups excluding tert-OH is 1. The number of carbonyl (C=O) groups excluding carboxylic acids is 1. The molecule has 0 aromatic carbocycles. The van der Waals surface area contributed by atoms with E-state index in [4.69, 9.17) is 14.6 Å². The van der Waals surface area contributed by atoms with Crippen LogP contribution in [-0.4, -0.2) is 37.0 Å². The van der Waals surface area contributed by atoms with Crippen LogP contribution < -0.4 is 0 Å². The van der Waals surface area contributed by atoms with Crippen molar-refractivity contribution in [3.05, 3.63) is 0 Å². The van der Waals surface area contributed by atoms with Gasteiger partial charge in [0.25, 0.3) is 0 Å². The number of hydrogen-bond donors (Lipinski definition) is 1. The predicted octanol–water partition coefficient (Wildman–Crippen LogP) is 6.58. The number of aliphatic hydroxyl groups is 1. The highest BCUT2D eigenvalue weighted by atomic mass is 16.5. The first-order valence-electron chi connectivity index (χ1n) is 12.1. The Kier molecular flexibility index (Phi) is 22.2. The standard InChI is InChI=1S/C24H48O4/c1-3-5-7-9-11-13-17-23(18-14-12-10-8-6-4-2)28-24(26)19-15-16-21-27-22-20-25/h23,25H,3-22H2,1-2H3. The van der Waals surface area contributed by atoms with Crippen LogP contribution in [0.15, 0.2) is 0 Å². The van der Waals surface area contributed by atoms with Gasteiger partial charge in [-0.25, -0.2) is 0 Å². The van der Waals surface area contributed by atoms with Crippen molar-refractivity contribution in [3.8, 4) is 0 Å². The Morgan fingerprint density at radius 3 is 1.79 bits per heavy atom. The fraction of sp³-hybridized carbons (Fsp3) is 0.958. The fourth-order valence-electron chi connectivity index (χ4n) is 3.45. The largest absolute Gasteiger partial charge is 0.462 e. The molecular weight excluding hydrogens is 352 g/mol. The zero-order chi connectivity index (χ0) is 20.7. The van der Waals surface area contributed by atoms with E-state index in [-0.39, 0.29) is 18.7 Å². The molecular formula is C24H48O4. The maximum atomic E-state index is 12.2. The Morgan fingerprint density at radius 1 is 0.714 bits per heavy atom. The van der Waals surface area contributed by atoms with Gasteiger partial charge in [0.05, 0.1) is 13.2 Å². The Morgan fingerprint density at radius 2 is 1.25 bits per heavy atom. The zero-order valence-corrected chi connectivity index (χ0v) is 18.9. The molecule has 0 aromatic heterocycles. The molecule has 1 N–H and O–H groups in total. The van der Waals surface area contributed by atoms with Gasteiger partial charge in [-0.15, -0.1) is 0 Å². The molecule has 0 atom stereocenters. The minimum Gasteiger partial charge on any atom is -0.462 e. The van der Waals surface area contributed by atoms with Crippen molar-refractivity contribution in [2.24, 2.45) is 0 Å². The molecule has 0 heterocycles. The number of hydrogen-bond acceptors (Lipinski definition) is 4. The average Bonchev–Trinajstić information content (AvgIpc) is 2.69. The first kappa shape index (κ1) is 27.4. The maximum absolute atomic E-state index is 12.2. The Hall–Kier alpha value is -0.610. The van der Waals surface area contributed by atoms with Crippen LogP contribution >= 0.6 is 0 Å². The number of ether oxygens (including phenoxy) is 2. The summed E-state index contributed by atoms with van der Waals surface area (Å²) in [4.78, 5) is 12.2. The van der Waals surface area contributed by atoms with Crippen LogP contribution in [0.25, 0.3) is 0 Å². The maximum Gasteiger partial charge on any atom is 0.306 e. The van der Waals surface area contributed by atoms with Crippen LogP contribution in [0.2, 0.25) is 0 Å². The van der Waals surface area contributed by atoms with Gasteiger partial charge in [-0.3, -0.25) is 4.79 Å². The summed E-state index contributed by atoms with van der Waals surface area (Å²) in [5, 5.41) is 8.67. The van der Waals surface area contributed by atoms with E-state index < -0.39 is 0 Å². The Bertz CT molecular complexity index is 304. The molecule has 0 aliphatic rings. The summed E-state index contributed by atoms with van der Waals surface area (Å²) in [6.07, 6.45) is 19.6. The lowest BCUT2D eigenvalue weighted by Gasteiger charge is -2.18. The number of unbranched alkanes of at least 4 members (excludes halogenated alkanes) is 11. The molecule has 0 amide bonds. The summed E-state index contributed by atoms with van der Waals surface area (Å²) >= 11 is 0. The highest BCUT2D eigenvalue weighted by molar-refractivity contribution is 5.69. The van der Waals surface area contributed by atoms with E-state index in [1.807, 2.05) is 0 Å². The fourth-order valence-corrected chi connectivity index (χ4v) is 3.45. The molecule has 168 valence electrons. The van der Waals surface area contributed by atoms with Crippen LogP contribution in [0.1, 0.15) is 123 Å². The van der Waals surface area contributed by atoms with Gasteiger partial charge < -0.3 is 14.6 Å². The molecule has 0 rings (SSSR count). The minimum atomic E-state index is -0.0517. The smallest absolute Gasteiger partial charge is 0.306 e. The summed E-state index contributed by atoms with van der Waals surface area (Å²) < 4.78 is 11.0. The third-order valence-electron chi connectivity index (χ3n) is 5.21. The van der Waals surface area contributed by atoms with E-state index >= 15 is 0 Å². The summed E-state index contributed by atoms with van der Waals surface area (Å²) in [7, 11) is 0. The molecule has 28 heavy (non-hydrogen) atoms. The van der Waals surface area contributed by atoms with Crippen molar-refractivity contribution in [1.29, 1.82) is 0 Å². The molecule has 0 spiro atoms. The second-order valence-electron chi connectivity index (χ2n) is 8.02. The second-order valence-corrected chi connectivity index (χ2v) is 8.02. The van der Waals surface area contributed by atoms with E-state index in [1.165, 1.54) is 77.0 Å². The summed E-state index contributed by atoms with van der Waals surface area (Å²) in [5.74, 6) is -0.0517. The van der Waals surface area contributed by atoms with Gasteiger partial charge in [-0.05, 0) is 38.5 Å². The topological polar surface area (TPSA) is 55.8 Å². The van der Waals surface area contributed by atoms with Gasteiger partial charge in [-0.1, -0.05) is 78.1 Å². The van der Waals surface area contributed by atoms with Crippen LogP contribution in [0.3, 0.4) is 0 Å². The van der Waals surface area contributed by atoms with Crippen LogP contribution in [-0.2, 0) is 14.3 Å². The van der Waals surface area contributed by atoms with Gasteiger partial charge in [-0.2, -0.15) is 0 Å². The molecule has 0 unspecified atom stereocenters. The van der Waals surface area contributed by atoms with Gasteiger partial charge in [0.15, 0.2) is 0 Å². The highest BCUT2D eigenvalue weighted by Gasteiger charge is 2.14. The third kappa shape index (κ3) is 20.1. The lowest BCUT2D eigenvalue weighted by molar-refractivity contribution is -0.150. The van der Waals surface area contributed by atoms with E-state index in [0.29, 0.717) is 19.6 Å². The van der Waals surface area contributed by atoms with E-state index in [2.05, 4.69) is 13.8 Å². The summed E-state index contributed by atoms with van der Waals surface area (Å²) in [6.45, 7) is 5.53. The second kappa shape index (κ2) is 22.7. The molecule has 0 radical (unpaired) electrons. The first-order chi connectivity index (χ1) is 13.7. The molecule has 0 saturated carbocycles. The molecule has 4 heteroatoms. The summed E-state index contributed by atoms with van der Waals surface area (Å²) in [6, 6.07) is 0. The average molecular weight is 401 g/mol. The van der Waals surface area contributed by atoms with Crippen LogP contribution in [0, 0.1) is 0 Å². The lowest BCUT2D eigenvalue weighted by atomic mass is 10.0. The van der Waals surface area contributed by atoms with Crippen molar-refractivity contribution in [1.82, 2.24) is 0 Å². The third-order valence-corrected chi connectivity index (χ3v) is 5.21. The Labute approximate surface area is 174 Å². The quantitative estimate of drug-likeness (QED) is 0.165. The molecule has 0 bridgehead atoms. The van der Waals surface area contributed by atoms with E-state index in [0.717, 1.165) is 25.7 Å². The number of esters is 1. The minimum absolute atomic E-state index is 0.0517. The number of rotatable bonds is 22. The molecule has 0 aromatic rings. The van der Waals surface area contributed by atoms with E-state index in [1.54, 1.807) is 0 Å². The van der Waals surface area contributed by atoms with Crippen LogP contribution in [0.4, 0.5) is 0 Å². The van der Waals surface area contributed by atoms with Crippen molar-refractivity contribution >= 4 is 5.97 Å². The van der Waals surface area contributed by atoms with Crippen molar-refractivity contribution in [2.75, 3.05) is 19.8 Å². The normalized spacial score (nSPS) is 11.3. The zero-order valence-electron chi connectivity index (χ0n) is 18.9. The molecule has 4 nitrogen and oxygen atoms in total. The summed E-state index contributed by atoms with van der Waals surface area (Å²) in [5.41, 5.74) is 0. The van der Waals surface area contributed by atoms with Gasteiger partial charge >= 0.3 is 5.97 Å².